The van der Waals surface area contributed by atoms with Gasteiger partial charge in [0.05, 0.1) is 28.9 Å². The minimum Gasteiger partial charge on any atom is -0.465 e. The van der Waals surface area contributed by atoms with Gasteiger partial charge in [0.25, 0.3) is 5.91 Å². The van der Waals surface area contributed by atoms with Crippen LogP contribution < -0.4 is 5.32 Å². The van der Waals surface area contributed by atoms with E-state index in [0.29, 0.717) is 16.3 Å². The molecule has 0 fully saturated rings. The van der Waals surface area contributed by atoms with Crippen molar-refractivity contribution in [3.8, 4) is 0 Å². The van der Waals surface area contributed by atoms with Gasteiger partial charge < -0.3 is 10.1 Å². The third kappa shape index (κ3) is 3.41. The number of ether oxygens (including phenoxy) is 1. The van der Waals surface area contributed by atoms with E-state index in [1.54, 1.807) is 42.5 Å². The minimum atomic E-state index is -0.513. The van der Waals surface area contributed by atoms with Crippen molar-refractivity contribution in [2.24, 2.45) is 0 Å². The van der Waals surface area contributed by atoms with Gasteiger partial charge in [0, 0.05) is 0 Å². The zero-order valence-corrected chi connectivity index (χ0v) is 12.4. The molecule has 0 heterocycles. The van der Waals surface area contributed by atoms with E-state index in [2.05, 4.69) is 10.1 Å². The molecule has 0 spiro atoms. The number of hydrogen-bond donors (Lipinski definition) is 1. The predicted molar refractivity (Wildman–Crippen MR) is 81.9 cm³/mol. The molecule has 0 aliphatic rings. The number of rotatable bonds is 3. The van der Waals surface area contributed by atoms with E-state index >= 15 is 0 Å². The molecule has 0 radical (unpaired) electrons. The Hall–Kier alpha value is -2.33. The van der Waals surface area contributed by atoms with Gasteiger partial charge in [-0.05, 0) is 36.8 Å². The van der Waals surface area contributed by atoms with Gasteiger partial charge in [0.2, 0.25) is 0 Å². The van der Waals surface area contributed by atoms with Crippen LogP contribution in [0, 0.1) is 6.92 Å². The van der Waals surface area contributed by atoms with Crippen molar-refractivity contribution >= 4 is 29.2 Å². The zero-order chi connectivity index (χ0) is 15.4. The van der Waals surface area contributed by atoms with Crippen LogP contribution in [0.15, 0.2) is 42.5 Å². The highest BCUT2D eigenvalue weighted by atomic mass is 35.5. The maximum absolute atomic E-state index is 12.3. The first-order valence-corrected chi connectivity index (χ1v) is 6.65. The standard InChI is InChI=1S/C16H14ClNO3/c1-10-7-8-11(13(17)9-10)15(19)18-14-6-4-3-5-12(14)16(20)21-2/h3-9H,1-2H3,(H,18,19). The van der Waals surface area contributed by atoms with Gasteiger partial charge in [-0.3, -0.25) is 4.79 Å². The number of anilines is 1. The van der Waals surface area contributed by atoms with Gasteiger partial charge in [-0.2, -0.15) is 0 Å². The average Bonchev–Trinajstić information content (AvgIpc) is 2.46. The van der Waals surface area contributed by atoms with Crippen molar-refractivity contribution in [1.82, 2.24) is 0 Å². The third-order valence-corrected chi connectivity index (χ3v) is 3.26. The molecule has 2 aromatic rings. The summed E-state index contributed by atoms with van der Waals surface area (Å²) in [7, 11) is 1.29. The minimum absolute atomic E-state index is 0.289. The second kappa shape index (κ2) is 6.41. The number of amides is 1. The Kier molecular flexibility index (Phi) is 4.60. The van der Waals surface area contributed by atoms with Crippen LogP contribution in [0.4, 0.5) is 5.69 Å². The first-order chi connectivity index (χ1) is 10.0. The Labute approximate surface area is 127 Å². The Bertz CT molecular complexity index is 698. The highest BCUT2D eigenvalue weighted by Crippen LogP contribution is 2.21. The van der Waals surface area contributed by atoms with E-state index < -0.39 is 5.97 Å². The van der Waals surface area contributed by atoms with Crippen LogP contribution in [-0.2, 0) is 4.74 Å². The number of para-hydroxylation sites is 1. The summed E-state index contributed by atoms with van der Waals surface area (Å²) in [5.41, 5.74) is 1.98. The first-order valence-electron chi connectivity index (χ1n) is 6.27. The van der Waals surface area contributed by atoms with E-state index in [1.165, 1.54) is 7.11 Å². The maximum atomic E-state index is 12.3. The average molecular weight is 304 g/mol. The van der Waals surface area contributed by atoms with Crippen molar-refractivity contribution in [3.63, 3.8) is 0 Å². The van der Waals surface area contributed by atoms with Crippen molar-refractivity contribution in [1.29, 1.82) is 0 Å². The molecular formula is C16H14ClNO3. The second-order valence-corrected chi connectivity index (χ2v) is 4.88. The van der Waals surface area contributed by atoms with Crippen LogP contribution in [0.25, 0.3) is 0 Å². The molecule has 0 saturated carbocycles. The van der Waals surface area contributed by atoms with Gasteiger partial charge >= 0.3 is 5.97 Å². The van der Waals surface area contributed by atoms with Gasteiger partial charge in [-0.25, -0.2) is 4.79 Å². The van der Waals surface area contributed by atoms with Crippen molar-refractivity contribution in [2.75, 3.05) is 12.4 Å². The Morgan fingerprint density at radius 2 is 1.81 bits per heavy atom. The lowest BCUT2D eigenvalue weighted by Gasteiger charge is -2.10. The Morgan fingerprint density at radius 1 is 1.10 bits per heavy atom. The number of halogens is 1. The monoisotopic (exact) mass is 303 g/mol. The summed E-state index contributed by atoms with van der Waals surface area (Å²) in [6.07, 6.45) is 0. The molecule has 0 bridgehead atoms. The van der Waals surface area contributed by atoms with Crippen LogP contribution in [0.1, 0.15) is 26.3 Å². The fourth-order valence-corrected chi connectivity index (χ4v) is 2.19. The Morgan fingerprint density at radius 3 is 2.48 bits per heavy atom. The molecule has 0 unspecified atom stereocenters. The van der Waals surface area contributed by atoms with E-state index in [9.17, 15) is 9.59 Å². The number of carbonyl (C=O) groups excluding carboxylic acids is 2. The molecule has 108 valence electrons. The van der Waals surface area contributed by atoms with Gasteiger partial charge in [-0.15, -0.1) is 0 Å². The van der Waals surface area contributed by atoms with E-state index in [-0.39, 0.29) is 11.5 Å². The highest BCUT2D eigenvalue weighted by molar-refractivity contribution is 6.34. The lowest BCUT2D eigenvalue weighted by molar-refractivity contribution is 0.0602. The summed E-state index contributed by atoms with van der Waals surface area (Å²) >= 11 is 6.07. The van der Waals surface area contributed by atoms with Crippen LogP contribution >= 0.6 is 11.6 Å². The maximum Gasteiger partial charge on any atom is 0.339 e. The van der Waals surface area contributed by atoms with E-state index in [0.717, 1.165) is 5.56 Å². The van der Waals surface area contributed by atoms with Gasteiger partial charge in [-0.1, -0.05) is 29.8 Å². The van der Waals surface area contributed by atoms with Crippen LogP contribution in [0.2, 0.25) is 5.02 Å². The van der Waals surface area contributed by atoms with Gasteiger partial charge in [0.15, 0.2) is 0 Å². The lowest BCUT2D eigenvalue weighted by atomic mass is 10.1. The summed E-state index contributed by atoms with van der Waals surface area (Å²) < 4.78 is 4.69. The smallest absolute Gasteiger partial charge is 0.339 e. The summed E-state index contributed by atoms with van der Waals surface area (Å²) in [5, 5.41) is 3.04. The van der Waals surface area contributed by atoms with E-state index in [1.807, 2.05) is 6.92 Å². The molecule has 2 aromatic carbocycles. The molecule has 21 heavy (non-hydrogen) atoms. The number of esters is 1. The van der Waals surface area contributed by atoms with Gasteiger partial charge in [0.1, 0.15) is 0 Å². The normalized spacial score (nSPS) is 10.0. The molecule has 0 aromatic heterocycles. The summed E-state index contributed by atoms with van der Waals surface area (Å²) in [6.45, 7) is 1.89. The molecule has 1 amide bonds. The second-order valence-electron chi connectivity index (χ2n) is 4.47. The number of nitrogens with one attached hydrogen (secondary N) is 1. The number of carbonyl (C=O) groups is 2. The van der Waals surface area contributed by atoms with Crippen LogP contribution in [-0.4, -0.2) is 19.0 Å². The zero-order valence-electron chi connectivity index (χ0n) is 11.6. The predicted octanol–water partition coefficient (Wildman–Crippen LogP) is 3.69. The first kappa shape index (κ1) is 15.1. The topological polar surface area (TPSA) is 55.4 Å². The lowest BCUT2D eigenvalue weighted by Crippen LogP contribution is -2.15. The fraction of sp³-hybridized carbons (Fsp3) is 0.125. The largest absolute Gasteiger partial charge is 0.465 e. The SMILES string of the molecule is COC(=O)c1ccccc1NC(=O)c1ccc(C)cc1Cl. The van der Waals surface area contributed by atoms with Crippen LogP contribution in [0.3, 0.4) is 0 Å². The van der Waals surface area contributed by atoms with Crippen LogP contribution in [0.5, 0.6) is 0 Å². The van der Waals surface area contributed by atoms with Crippen molar-refractivity contribution in [2.45, 2.75) is 6.92 Å². The summed E-state index contributed by atoms with van der Waals surface area (Å²) in [5.74, 6) is -0.891. The summed E-state index contributed by atoms with van der Waals surface area (Å²) in [4.78, 5) is 23.9. The molecule has 0 aliphatic carbocycles. The van der Waals surface area contributed by atoms with Crippen molar-refractivity contribution < 1.29 is 14.3 Å². The fourth-order valence-electron chi connectivity index (χ4n) is 1.87. The molecule has 0 atom stereocenters. The number of benzene rings is 2. The van der Waals surface area contributed by atoms with E-state index in [4.69, 9.17) is 11.6 Å². The number of aryl methyl sites for hydroxylation is 1. The molecule has 0 saturated heterocycles. The Balaban J connectivity index is 2.30. The third-order valence-electron chi connectivity index (χ3n) is 2.95. The highest BCUT2D eigenvalue weighted by Gasteiger charge is 2.15. The quantitative estimate of drug-likeness (QED) is 0.880. The summed E-state index contributed by atoms with van der Waals surface area (Å²) in [6, 6.07) is 11.8. The molecule has 0 aliphatic heterocycles. The molecule has 4 nitrogen and oxygen atoms in total. The molecule has 1 N–H and O–H groups in total. The number of hydrogen-bond acceptors (Lipinski definition) is 3. The van der Waals surface area contributed by atoms with Crippen molar-refractivity contribution in [3.05, 3.63) is 64.2 Å². The molecule has 5 heteroatoms. The molecule has 2 rings (SSSR count). The molecular weight excluding hydrogens is 290 g/mol. The number of methoxy groups -OCH3 is 1.